The minimum atomic E-state index is 0.209. The lowest BCUT2D eigenvalue weighted by Crippen LogP contribution is -2.53. The van der Waals surface area contributed by atoms with Crippen LogP contribution < -0.4 is 11.5 Å². The number of hydrogen-bond donors (Lipinski definition) is 2. The van der Waals surface area contributed by atoms with Crippen molar-refractivity contribution in [1.82, 2.24) is 0 Å². The summed E-state index contributed by atoms with van der Waals surface area (Å²) < 4.78 is 0. The molecule has 0 saturated heterocycles. The molecule has 0 aromatic rings. The van der Waals surface area contributed by atoms with Crippen LogP contribution in [0.2, 0.25) is 0 Å². The molecule has 4 bridgehead atoms. The first kappa shape index (κ1) is 11.0. The van der Waals surface area contributed by atoms with E-state index in [1.165, 1.54) is 51.4 Å². The predicted molar refractivity (Wildman–Crippen MR) is 66.9 cm³/mol. The molecule has 0 amide bonds. The van der Waals surface area contributed by atoms with Crippen LogP contribution in [0.5, 0.6) is 0 Å². The number of fused-ring (bicyclic) bond motifs is 2. The largest absolute Gasteiger partial charge is 0.330 e. The third kappa shape index (κ3) is 1.62. The molecule has 4 N–H and O–H groups in total. The number of nitrogens with two attached hydrogens (primary N) is 2. The summed E-state index contributed by atoms with van der Waals surface area (Å²) in [5.74, 6) is 3.76. The zero-order valence-corrected chi connectivity index (χ0v) is 10.3. The summed E-state index contributed by atoms with van der Waals surface area (Å²) in [5, 5.41) is 0. The van der Waals surface area contributed by atoms with Crippen LogP contribution in [0.1, 0.15) is 51.4 Å². The monoisotopic (exact) mass is 222 g/mol. The molecule has 5 aliphatic carbocycles. The van der Waals surface area contributed by atoms with Crippen molar-refractivity contribution in [2.45, 2.75) is 56.9 Å². The first-order valence-corrected chi connectivity index (χ1v) is 7.22. The lowest BCUT2D eigenvalue weighted by atomic mass is 9.58. The van der Waals surface area contributed by atoms with Gasteiger partial charge in [0.05, 0.1) is 0 Å². The molecule has 16 heavy (non-hydrogen) atoms. The Morgan fingerprint density at radius 1 is 1.06 bits per heavy atom. The van der Waals surface area contributed by atoms with Crippen molar-refractivity contribution in [3.63, 3.8) is 0 Å². The van der Waals surface area contributed by atoms with Gasteiger partial charge in [-0.1, -0.05) is 0 Å². The highest BCUT2D eigenvalue weighted by atomic mass is 14.8. The van der Waals surface area contributed by atoms with Gasteiger partial charge in [0.2, 0.25) is 0 Å². The minimum Gasteiger partial charge on any atom is -0.330 e. The Balaban J connectivity index is 1.80. The Labute approximate surface area is 99.1 Å². The number of hydrogen-bond acceptors (Lipinski definition) is 2. The van der Waals surface area contributed by atoms with Gasteiger partial charge in [0.25, 0.3) is 0 Å². The van der Waals surface area contributed by atoms with Crippen LogP contribution in [0.25, 0.3) is 0 Å². The van der Waals surface area contributed by atoms with Crippen molar-refractivity contribution in [3.8, 4) is 0 Å². The summed E-state index contributed by atoms with van der Waals surface area (Å²) in [7, 11) is 0. The molecular weight excluding hydrogens is 196 g/mol. The third-order valence-electron chi connectivity index (χ3n) is 5.88. The fourth-order valence-corrected chi connectivity index (χ4v) is 4.97. The third-order valence-corrected chi connectivity index (χ3v) is 5.88. The molecule has 5 rings (SSSR count). The molecule has 2 nitrogen and oxygen atoms in total. The fourth-order valence-electron chi connectivity index (χ4n) is 4.97. The normalized spacial score (nSPS) is 50.6. The van der Waals surface area contributed by atoms with Crippen LogP contribution in [-0.2, 0) is 0 Å². The highest BCUT2D eigenvalue weighted by Crippen LogP contribution is 2.57. The van der Waals surface area contributed by atoms with Gasteiger partial charge in [-0.05, 0) is 81.6 Å². The Bertz CT molecular complexity index is 265. The molecule has 5 saturated carbocycles. The van der Waals surface area contributed by atoms with Crippen molar-refractivity contribution in [3.05, 3.63) is 0 Å². The molecule has 0 heterocycles. The zero-order valence-electron chi connectivity index (χ0n) is 10.3. The Morgan fingerprint density at radius 2 is 1.75 bits per heavy atom. The molecule has 0 aromatic heterocycles. The first-order valence-electron chi connectivity index (χ1n) is 7.22. The van der Waals surface area contributed by atoms with Gasteiger partial charge < -0.3 is 11.5 Å². The van der Waals surface area contributed by atoms with Crippen molar-refractivity contribution in [2.75, 3.05) is 6.54 Å². The van der Waals surface area contributed by atoms with E-state index in [2.05, 4.69) is 0 Å². The van der Waals surface area contributed by atoms with E-state index in [0.29, 0.717) is 0 Å². The molecule has 0 aliphatic heterocycles. The highest BCUT2D eigenvalue weighted by molar-refractivity contribution is 5.07. The van der Waals surface area contributed by atoms with Crippen molar-refractivity contribution in [1.29, 1.82) is 0 Å². The summed E-state index contributed by atoms with van der Waals surface area (Å²) in [5.41, 5.74) is 12.6. The summed E-state index contributed by atoms with van der Waals surface area (Å²) in [6.07, 6.45) is 10.9. The second-order valence-electron chi connectivity index (χ2n) is 6.60. The molecule has 5 aliphatic rings. The van der Waals surface area contributed by atoms with E-state index in [0.717, 1.165) is 30.2 Å². The van der Waals surface area contributed by atoms with E-state index < -0.39 is 0 Å². The second-order valence-corrected chi connectivity index (χ2v) is 6.60. The summed E-state index contributed by atoms with van der Waals surface area (Å²) >= 11 is 0. The van der Waals surface area contributed by atoms with Crippen LogP contribution >= 0.6 is 0 Å². The van der Waals surface area contributed by atoms with E-state index in [1.54, 1.807) is 0 Å². The quantitative estimate of drug-likeness (QED) is 0.769. The smallest absolute Gasteiger partial charge is 0.0185 e. The molecule has 0 radical (unpaired) electrons. The summed E-state index contributed by atoms with van der Waals surface area (Å²) in [6.45, 7) is 0.856. The van der Waals surface area contributed by atoms with Gasteiger partial charge in [-0.15, -0.1) is 0 Å². The van der Waals surface area contributed by atoms with E-state index >= 15 is 0 Å². The maximum absolute atomic E-state index is 6.71. The topological polar surface area (TPSA) is 52.0 Å². The zero-order chi connectivity index (χ0) is 11.2. The summed E-state index contributed by atoms with van der Waals surface area (Å²) in [6, 6.07) is 0. The molecular formula is C14H26N2. The average molecular weight is 222 g/mol. The van der Waals surface area contributed by atoms with Gasteiger partial charge >= 0.3 is 0 Å². The standard InChI is InChI=1S/C14H26N2/c15-7-1-2-12-8-10-3-5-14(16)6-4-11(10)9-13(12)14/h10-13H,1-9,15-16H2/t10?,11-,12+,13?,14?/m0/s1. The van der Waals surface area contributed by atoms with E-state index in [-0.39, 0.29) is 5.54 Å². The van der Waals surface area contributed by atoms with Crippen molar-refractivity contribution < 1.29 is 0 Å². The average Bonchev–Trinajstić information content (AvgIpc) is 2.60. The molecule has 92 valence electrons. The van der Waals surface area contributed by atoms with Crippen LogP contribution in [-0.4, -0.2) is 12.1 Å². The van der Waals surface area contributed by atoms with E-state index in [9.17, 15) is 0 Å². The molecule has 2 heteroatoms. The molecule has 3 unspecified atom stereocenters. The molecule has 5 fully saturated rings. The van der Waals surface area contributed by atoms with Gasteiger partial charge in [-0.3, -0.25) is 0 Å². The van der Waals surface area contributed by atoms with Crippen molar-refractivity contribution >= 4 is 0 Å². The molecule has 0 spiro atoms. The van der Waals surface area contributed by atoms with Crippen LogP contribution in [0, 0.1) is 23.7 Å². The predicted octanol–water partition coefficient (Wildman–Crippen LogP) is 2.27. The minimum absolute atomic E-state index is 0.209. The van der Waals surface area contributed by atoms with Crippen molar-refractivity contribution in [2.24, 2.45) is 35.1 Å². The van der Waals surface area contributed by atoms with E-state index in [1.807, 2.05) is 0 Å². The molecule has 0 aromatic carbocycles. The van der Waals surface area contributed by atoms with E-state index in [4.69, 9.17) is 11.5 Å². The van der Waals surface area contributed by atoms with Crippen LogP contribution in [0.3, 0.4) is 0 Å². The van der Waals surface area contributed by atoms with Gasteiger partial charge in [0, 0.05) is 5.54 Å². The van der Waals surface area contributed by atoms with Gasteiger partial charge in [0.15, 0.2) is 0 Å². The van der Waals surface area contributed by atoms with Gasteiger partial charge in [-0.2, -0.15) is 0 Å². The second kappa shape index (κ2) is 3.99. The Kier molecular flexibility index (Phi) is 2.75. The van der Waals surface area contributed by atoms with Gasteiger partial charge in [-0.25, -0.2) is 0 Å². The fraction of sp³-hybridized carbons (Fsp3) is 1.00. The Hall–Kier alpha value is -0.0800. The van der Waals surface area contributed by atoms with Crippen LogP contribution in [0.4, 0.5) is 0 Å². The highest BCUT2D eigenvalue weighted by Gasteiger charge is 2.52. The molecule has 5 atom stereocenters. The first-order chi connectivity index (χ1) is 7.73. The summed E-state index contributed by atoms with van der Waals surface area (Å²) in [4.78, 5) is 0. The number of rotatable bonds is 3. The van der Waals surface area contributed by atoms with Gasteiger partial charge in [0.1, 0.15) is 0 Å². The lowest BCUT2D eigenvalue weighted by molar-refractivity contribution is 0.0371. The van der Waals surface area contributed by atoms with Crippen LogP contribution in [0.15, 0.2) is 0 Å². The SMILES string of the molecule is NCCC[C@@H]1CC2CCC3(N)CC[C@H]2CC13. The Morgan fingerprint density at radius 3 is 2.44 bits per heavy atom. The maximum Gasteiger partial charge on any atom is 0.0185 e. The maximum atomic E-state index is 6.71. The lowest BCUT2D eigenvalue weighted by Gasteiger charge is -2.49.